The maximum absolute atomic E-state index is 12.1. The minimum Gasteiger partial charge on any atom is -0.347 e. The highest BCUT2D eigenvalue weighted by Gasteiger charge is 2.17. The van der Waals surface area contributed by atoms with Gasteiger partial charge in [0, 0.05) is 37.7 Å². The number of hydrogen-bond acceptors (Lipinski definition) is 4. The van der Waals surface area contributed by atoms with Crippen LogP contribution in [-0.2, 0) is 13.6 Å². The Bertz CT molecular complexity index is 669. The summed E-state index contributed by atoms with van der Waals surface area (Å²) >= 11 is 11.9. The third-order valence-corrected chi connectivity index (χ3v) is 3.50. The lowest BCUT2D eigenvalue weighted by molar-refractivity contribution is 0.0937. The molecule has 0 spiro atoms. The number of amides is 1. The minimum absolute atomic E-state index is 0.240. The predicted molar refractivity (Wildman–Crippen MR) is 83.0 cm³/mol. The van der Waals surface area contributed by atoms with E-state index in [-0.39, 0.29) is 11.7 Å². The number of benzene rings is 1. The highest BCUT2D eigenvalue weighted by molar-refractivity contribution is 6.35. The van der Waals surface area contributed by atoms with Gasteiger partial charge in [-0.3, -0.25) is 9.36 Å². The van der Waals surface area contributed by atoms with Gasteiger partial charge in [-0.2, -0.15) is 0 Å². The summed E-state index contributed by atoms with van der Waals surface area (Å²) in [5.41, 5.74) is 0.782. The van der Waals surface area contributed by atoms with E-state index in [2.05, 4.69) is 15.5 Å². The van der Waals surface area contributed by atoms with Crippen molar-refractivity contribution < 1.29 is 4.79 Å². The van der Waals surface area contributed by atoms with Crippen molar-refractivity contribution in [2.45, 2.75) is 6.54 Å². The van der Waals surface area contributed by atoms with Crippen LogP contribution in [-0.4, -0.2) is 34.8 Å². The first-order valence-corrected chi connectivity index (χ1v) is 6.94. The zero-order chi connectivity index (χ0) is 15.6. The third-order valence-electron chi connectivity index (χ3n) is 2.91. The van der Waals surface area contributed by atoms with Gasteiger partial charge in [-0.05, 0) is 17.7 Å². The first-order valence-electron chi connectivity index (χ1n) is 6.19. The Labute approximate surface area is 132 Å². The van der Waals surface area contributed by atoms with E-state index in [1.807, 2.05) is 14.1 Å². The predicted octanol–water partition coefficient (Wildman–Crippen LogP) is 2.12. The van der Waals surface area contributed by atoms with E-state index < -0.39 is 0 Å². The second kappa shape index (κ2) is 6.32. The Kier molecular flexibility index (Phi) is 4.69. The number of aromatic nitrogens is 3. The molecule has 1 aromatic carbocycles. The molecule has 2 aromatic rings. The largest absolute Gasteiger partial charge is 0.347 e. The smallest absolute Gasteiger partial charge is 0.289 e. The van der Waals surface area contributed by atoms with Crippen LogP contribution in [0.25, 0.3) is 0 Å². The second-order valence-electron chi connectivity index (χ2n) is 4.70. The van der Waals surface area contributed by atoms with Gasteiger partial charge in [-0.1, -0.05) is 29.3 Å². The lowest BCUT2D eigenvalue weighted by Crippen LogP contribution is -2.26. The lowest BCUT2D eigenvalue weighted by atomic mass is 10.2. The van der Waals surface area contributed by atoms with Gasteiger partial charge in [-0.25, -0.2) is 0 Å². The van der Waals surface area contributed by atoms with Crippen molar-refractivity contribution in [3.05, 3.63) is 39.6 Å². The van der Waals surface area contributed by atoms with Gasteiger partial charge in [0.1, 0.15) is 0 Å². The van der Waals surface area contributed by atoms with Crippen molar-refractivity contribution in [3.63, 3.8) is 0 Å². The molecular weight excluding hydrogens is 313 g/mol. The van der Waals surface area contributed by atoms with Crippen molar-refractivity contribution in [2.75, 3.05) is 19.0 Å². The molecule has 1 aromatic heterocycles. The van der Waals surface area contributed by atoms with Crippen molar-refractivity contribution in [1.82, 2.24) is 20.1 Å². The van der Waals surface area contributed by atoms with Crippen LogP contribution in [0.2, 0.25) is 10.0 Å². The molecular formula is C13H15Cl2N5O. The molecule has 0 aliphatic rings. The molecule has 0 unspecified atom stereocenters. The number of hydrogen-bond donors (Lipinski definition) is 1. The van der Waals surface area contributed by atoms with Gasteiger partial charge >= 0.3 is 0 Å². The van der Waals surface area contributed by atoms with Gasteiger partial charge in [0.15, 0.2) is 0 Å². The Morgan fingerprint density at radius 3 is 2.62 bits per heavy atom. The number of rotatable bonds is 4. The lowest BCUT2D eigenvalue weighted by Gasteiger charge is -2.11. The third kappa shape index (κ3) is 3.46. The number of anilines is 1. The molecule has 8 heteroatoms. The molecule has 1 N–H and O–H groups in total. The van der Waals surface area contributed by atoms with E-state index in [1.165, 1.54) is 0 Å². The first-order chi connectivity index (χ1) is 9.90. The molecule has 0 fully saturated rings. The summed E-state index contributed by atoms with van der Waals surface area (Å²) in [5.74, 6) is 0.526. The van der Waals surface area contributed by atoms with Crippen molar-refractivity contribution in [1.29, 1.82) is 0 Å². The van der Waals surface area contributed by atoms with Crippen molar-refractivity contribution in [3.8, 4) is 0 Å². The Morgan fingerprint density at radius 2 is 2.05 bits per heavy atom. The van der Waals surface area contributed by atoms with E-state index in [1.54, 1.807) is 34.7 Å². The zero-order valence-corrected chi connectivity index (χ0v) is 13.4. The van der Waals surface area contributed by atoms with Gasteiger partial charge < -0.3 is 10.2 Å². The molecule has 1 amide bonds. The number of nitrogens with one attached hydrogen (secondary N) is 1. The van der Waals surface area contributed by atoms with E-state index in [0.29, 0.717) is 22.5 Å². The van der Waals surface area contributed by atoms with Gasteiger partial charge in [-0.15, -0.1) is 10.2 Å². The quantitative estimate of drug-likeness (QED) is 0.934. The van der Waals surface area contributed by atoms with E-state index >= 15 is 0 Å². The normalized spacial score (nSPS) is 10.5. The van der Waals surface area contributed by atoms with Crippen LogP contribution in [0.5, 0.6) is 0 Å². The molecule has 2 rings (SSSR count). The van der Waals surface area contributed by atoms with Gasteiger partial charge in [0.25, 0.3) is 5.91 Å². The Hall–Kier alpha value is -1.79. The number of nitrogens with zero attached hydrogens (tertiary/aromatic N) is 4. The summed E-state index contributed by atoms with van der Waals surface area (Å²) in [7, 11) is 5.40. The average molecular weight is 328 g/mol. The molecule has 6 nitrogen and oxygen atoms in total. The van der Waals surface area contributed by atoms with Crippen LogP contribution >= 0.6 is 23.2 Å². The topological polar surface area (TPSA) is 63.1 Å². The maximum atomic E-state index is 12.1. The average Bonchev–Trinajstić information content (AvgIpc) is 2.79. The summed E-state index contributed by atoms with van der Waals surface area (Å²) in [6.45, 7) is 0.291. The summed E-state index contributed by atoms with van der Waals surface area (Å²) in [4.78, 5) is 13.9. The standard InChI is InChI=1S/C13H15Cl2N5O/c1-19(2)13-18-17-11(20(13)3)12(21)16-7-8-4-5-9(14)6-10(8)15/h4-6H,7H2,1-3H3,(H,16,21). The van der Waals surface area contributed by atoms with E-state index in [0.717, 1.165) is 5.56 Å². The minimum atomic E-state index is -0.316. The molecule has 0 aliphatic carbocycles. The van der Waals surface area contributed by atoms with E-state index in [9.17, 15) is 4.79 Å². The van der Waals surface area contributed by atoms with Crippen molar-refractivity contribution >= 4 is 35.1 Å². The summed E-state index contributed by atoms with van der Waals surface area (Å²) in [6.07, 6.45) is 0. The molecule has 0 bridgehead atoms. The van der Waals surface area contributed by atoms with Crippen molar-refractivity contribution in [2.24, 2.45) is 7.05 Å². The van der Waals surface area contributed by atoms with Gasteiger partial charge in [0.05, 0.1) is 0 Å². The molecule has 112 valence electrons. The van der Waals surface area contributed by atoms with Crippen LogP contribution in [0, 0.1) is 0 Å². The number of carbonyl (C=O) groups excluding carboxylic acids is 1. The Morgan fingerprint density at radius 1 is 1.33 bits per heavy atom. The zero-order valence-electron chi connectivity index (χ0n) is 11.9. The van der Waals surface area contributed by atoms with Crippen LogP contribution in [0.15, 0.2) is 18.2 Å². The molecule has 1 heterocycles. The highest BCUT2D eigenvalue weighted by Crippen LogP contribution is 2.20. The summed E-state index contributed by atoms with van der Waals surface area (Å²) in [6, 6.07) is 5.13. The fourth-order valence-corrected chi connectivity index (χ4v) is 2.30. The fourth-order valence-electron chi connectivity index (χ4n) is 1.83. The monoisotopic (exact) mass is 327 g/mol. The SMILES string of the molecule is CN(C)c1nnc(C(=O)NCc2ccc(Cl)cc2Cl)n1C. The van der Waals surface area contributed by atoms with Crippen LogP contribution in [0.4, 0.5) is 5.95 Å². The first kappa shape index (κ1) is 15.6. The fraction of sp³-hybridized carbons (Fsp3) is 0.308. The van der Waals surface area contributed by atoms with Gasteiger partial charge in [0.2, 0.25) is 11.8 Å². The number of carbonyl (C=O) groups is 1. The molecule has 0 atom stereocenters. The summed E-state index contributed by atoms with van der Waals surface area (Å²) in [5, 5.41) is 11.7. The molecule has 0 saturated heterocycles. The summed E-state index contributed by atoms with van der Waals surface area (Å²) < 4.78 is 1.62. The molecule has 0 aliphatic heterocycles. The van der Waals surface area contributed by atoms with E-state index in [4.69, 9.17) is 23.2 Å². The van der Waals surface area contributed by atoms with Crippen LogP contribution in [0.1, 0.15) is 16.2 Å². The number of halogens is 2. The highest BCUT2D eigenvalue weighted by atomic mass is 35.5. The second-order valence-corrected chi connectivity index (χ2v) is 5.54. The molecule has 0 radical (unpaired) electrons. The van der Waals surface area contributed by atoms with Crippen LogP contribution < -0.4 is 10.2 Å². The molecule has 21 heavy (non-hydrogen) atoms. The maximum Gasteiger partial charge on any atom is 0.289 e. The molecule has 0 saturated carbocycles. The Balaban J connectivity index is 2.08. The van der Waals surface area contributed by atoms with Crippen LogP contribution in [0.3, 0.4) is 0 Å².